The molecule has 0 atom stereocenters. The number of halogens is 1. The third-order valence-corrected chi connectivity index (χ3v) is 6.91. The number of rotatable bonds is 4. The van der Waals surface area contributed by atoms with Gasteiger partial charge in [0.15, 0.2) is 0 Å². The van der Waals surface area contributed by atoms with E-state index in [4.69, 9.17) is 16.3 Å². The fourth-order valence-electron chi connectivity index (χ4n) is 5.01. The van der Waals surface area contributed by atoms with Gasteiger partial charge in [-0.3, -0.25) is 4.90 Å². The van der Waals surface area contributed by atoms with Crippen molar-refractivity contribution < 1.29 is 9.84 Å². The molecule has 0 spiro atoms. The second-order valence-electron chi connectivity index (χ2n) is 8.39. The summed E-state index contributed by atoms with van der Waals surface area (Å²) in [5.74, 6) is 0.281. The number of fused-ring (bicyclic) bond motifs is 5. The van der Waals surface area contributed by atoms with Gasteiger partial charge in [0.2, 0.25) is 0 Å². The van der Waals surface area contributed by atoms with Crippen molar-refractivity contribution in [2.24, 2.45) is 0 Å². The van der Waals surface area contributed by atoms with E-state index in [1.807, 2.05) is 42.7 Å². The summed E-state index contributed by atoms with van der Waals surface area (Å²) in [7, 11) is 0. The molecule has 1 saturated heterocycles. The number of nitrogens with zero attached hydrogens (tertiary/aromatic N) is 2. The molecule has 3 aromatic carbocycles. The molecule has 1 aliphatic rings. The summed E-state index contributed by atoms with van der Waals surface area (Å²) in [6.07, 6.45) is 4.08. The number of aromatic hydroxyl groups is 1. The Bertz CT molecular complexity index is 1450. The standard InChI is InChI=1S/C26H24ClN3O2/c27-23-4-2-1-3-18(23)19-14-25-26(22-16-28-15-21(19)22)20-13-17(31)5-6-24(20)30(25)8-7-29-9-11-32-12-10-29/h1-6,13-16,28,31H,7-12H2. The van der Waals surface area contributed by atoms with Gasteiger partial charge in [0.25, 0.3) is 0 Å². The van der Waals surface area contributed by atoms with Crippen LogP contribution < -0.4 is 0 Å². The highest BCUT2D eigenvalue weighted by molar-refractivity contribution is 6.34. The fourth-order valence-corrected chi connectivity index (χ4v) is 5.25. The Morgan fingerprint density at radius 2 is 1.69 bits per heavy atom. The zero-order valence-corrected chi connectivity index (χ0v) is 18.4. The summed E-state index contributed by atoms with van der Waals surface area (Å²) >= 11 is 6.61. The van der Waals surface area contributed by atoms with Crippen LogP contribution in [0.15, 0.2) is 60.9 Å². The van der Waals surface area contributed by atoms with Gasteiger partial charge >= 0.3 is 0 Å². The highest BCUT2D eigenvalue weighted by atomic mass is 35.5. The first kappa shape index (κ1) is 19.7. The van der Waals surface area contributed by atoms with E-state index in [0.717, 1.165) is 88.1 Å². The molecule has 1 fully saturated rings. The van der Waals surface area contributed by atoms with Crippen molar-refractivity contribution in [1.82, 2.24) is 14.5 Å². The Morgan fingerprint density at radius 3 is 2.53 bits per heavy atom. The molecule has 0 saturated carbocycles. The maximum Gasteiger partial charge on any atom is 0.116 e. The number of ether oxygens (including phenoxy) is 1. The van der Waals surface area contributed by atoms with Gasteiger partial charge in [-0.1, -0.05) is 29.8 Å². The average Bonchev–Trinajstić information content (AvgIpc) is 3.41. The first-order valence-electron chi connectivity index (χ1n) is 11.0. The Balaban J connectivity index is 1.61. The van der Waals surface area contributed by atoms with Gasteiger partial charge in [-0.15, -0.1) is 0 Å². The van der Waals surface area contributed by atoms with E-state index >= 15 is 0 Å². The van der Waals surface area contributed by atoms with Gasteiger partial charge in [-0.25, -0.2) is 0 Å². The van der Waals surface area contributed by atoms with Crippen molar-refractivity contribution in [1.29, 1.82) is 0 Å². The van der Waals surface area contributed by atoms with Crippen LogP contribution in [0.3, 0.4) is 0 Å². The molecule has 5 aromatic rings. The van der Waals surface area contributed by atoms with Crippen LogP contribution in [0.25, 0.3) is 43.7 Å². The third-order valence-electron chi connectivity index (χ3n) is 6.58. The summed E-state index contributed by atoms with van der Waals surface area (Å²) in [5, 5.41) is 15.5. The minimum atomic E-state index is 0.281. The molecular weight excluding hydrogens is 422 g/mol. The maximum atomic E-state index is 10.3. The lowest BCUT2D eigenvalue weighted by Crippen LogP contribution is -2.38. The number of phenolic OH excluding ortho intramolecular Hbond substituents is 1. The van der Waals surface area contributed by atoms with E-state index in [1.165, 1.54) is 0 Å². The largest absolute Gasteiger partial charge is 0.508 e. The molecule has 0 bridgehead atoms. The van der Waals surface area contributed by atoms with Crippen LogP contribution in [0.1, 0.15) is 0 Å². The number of H-pyrrole nitrogens is 1. The molecule has 0 unspecified atom stereocenters. The summed E-state index contributed by atoms with van der Waals surface area (Å²) in [5.41, 5.74) is 4.42. The van der Waals surface area contributed by atoms with Crippen LogP contribution in [0.5, 0.6) is 5.75 Å². The molecule has 1 aliphatic heterocycles. The summed E-state index contributed by atoms with van der Waals surface area (Å²) in [6, 6.07) is 15.9. The minimum absolute atomic E-state index is 0.281. The molecule has 2 N–H and O–H groups in total. The molecule has 0 aliphatic carbocycles. The highest BCUT2D eigenvalue weighted by Gasteiger charge is 2.19. The number of benzene rings is 3. The monoisotopic (exact) mass is 445 g/mol. The van der Waals surface area contributed by atoms with Crippen molar-refractivity contribution in [2.45, 2.75) is 6.54 Å². The lowest BCUT2D eigenvalue weighted by molar-refractivity contribution is 0.0366. The Morgan fingerprint density at radius 1 is 0.875 bits per heavy atom. The van der Waals surface area contributed by atoms with Crippen LogP contribution in [-0.4, -0.2) is 52.4 Å². The van der Waals surface area contributed by atoms with E-state index in [2.05, 4.69) is 26.6 Å². The topological polar surface area (TPSA) is 53.4 Å². The molecule has 6 rings (SSSR count). The average molecular weight is 446 g/mol. The molecule has 32 heavy (non-hydrogen) atoms. The zero-order valence-electron chi connectivity index (χ0n) is 17.6. The Kier molecular flexibility index (Phi) is 4.83. The van der Waals surface area contributed by atoms with Gasteiger partial charge in [-0.05, 0) is 35.9 Å². The second-order valence-corrected chi connectivity index (χ2v) is 8.80. The van der Waals surface area contributed by atoms with Gasteiger partial charge in [0.05, 0.1) is 18.7 Å². The van der Waals surface area contributed by atoms with Crippen molar-refractivity contribution in [3.63, 3.8) is 0 Å². The van der Waals surface area contributed by atoms with Crippen LogP contribution in [0.2, 0.25) is 5.02 Å². The summed E-state index contributed by atoms with van der Waals surface area (Å²) in [6.45, 7) is 5.33. The molecule has 5 nitrogen and oxygen atoms in total. The first-order valence-corrected chi connectivity index (χ1v) is 11.4. The zero-order chi connectivity index (χ0) is 21.7. The number of aromatic nitrogens is 2. The van der Waals surface area contributed by atoms with Crippen LogP contribution >= 0.6 is 11.6 Å². The normalized spacial score (nSPS) is 15.3. The third kappa shape index (κ3) is 3.16. The van der Waals surface area contributed by atoms with Crippen LogP contribution in [0, 0.1) is 0 Å². The van der Waals surface area contributed by atoms with E-state index in [9.17, 15) is 5.11 Å². The van der Waals surface area contributed by atoms with Crippen molar-refractivity contribution >= 4 is 44.2 Å². The van der Waals surface area contributed by atoms with Gasteiger partial charge in [-0.2, -0.15) is 0 Å². The highest BCUT2D eigenvalue weighted by Crippen LogP contribution is 2.42. The number of aromatic amines is 1. The minimum Gasteiger partial charge on any atom is -0.508 e. The molecule has 6 heteroatoms. The van der Waals surface area contributed by atoms with E-state index in [1.54, 1.807) is 6.07 Å². The number of phenols is 1. The van der Waals surface area contributed by atoms with Crippen molar-refractivity contribution in [3.05, 3.63) is 65.9 Å². The maximum absolute atomic E-state index is 10.3. The van der Waals surface area contributed by atoms with Crippen LogP contribution in [0.4, 0.5) is 0 Å². The lowest BCUT2D eigenvalue weighted by Gasteiger charge is -2.27. The van der Waals surface area contributed by atoms with Gasteiger partial charge < -0.3 is 19.4 Å². The number of nitrogens with one attached hydrogen (secondary N) is 1. The molecule has 162 valence electrons. The summed E-state index contributed by atoms with van der Waals surface area (Å²) in [4.78, 5) is 5.74. The van der Waals surface area contributed by atoms with Crippen molar-refractivity contribution in [2.75, 3.05) is 32.8 Å². The molecule has 0 amide bonds. The van der Waals surface area contributed by atoms with Gasteiger partial charge in [0.1, 0.15) is 5.75 Å². The molecule has 0 radical (unpaired) electrons. The number of morpholine rings is 1. The fraction of sp³-hybridized carbons (Fsp3) is 0.231. The number of hydrogen-bond acceptors (Lipinski definition) is 3. The number of hydrogen-bond donors (Lipinski definition) is 2. The SMILES string of the molecule is Oc1ccc2c(c1)c1c3c[nH]cc3c(-c3ccccc3Cl)cc1n2CCN1CCOCC1. The van der Waals surface area contributed by atoms with E-state index in [0.29, 0.717) is 0 Å². The Hall–Kier alpha value is -2.99. The van der Waals surface area contributed by atoms with E-state index < -0.39 is 0 Å². The van der Waals surface area contributed by atoms with E-state index in [-0.39, 0.29) is 5.75 Å². The molecule has 3 heterocycles. The van der Waals surface area contributed by atoms with Crippen LogP contribution in [-0.2, 0) is 11.3 Å². The smallest absolute Gasteiger partial charge is 0.116 e. The lowest BCUT2D eigenvalue weighted by atomic mass is 9.97. The molecular formula is C26H24ClN3O2. The second kappa shape index (κ2) is 7.85. The predicted molar refractivity (Wildman–Crippen MR) is 131 cm³/mol. The van der Waals surface area contributed by atoms with Gasteiger partial charge in [0, 0.05) is 76.2 Å². The molecule has 2 aromatic heterocycles. The quantitative estimate of drug-likeness (QED) is 0.376. The Labute approximate surface area is 190 Å². The predicted octanol–water partition coefficient (Wildman–Crippen LogP) is 5.63. The van der Waals surface area contributed by atoms with Crippen molar-refractivity contribution in [3.8, 4) is 16.9 Å². The first-order chi connectivity index (χ1) is 15.7. The summed E-state index contributed by atoms with van der Waals surface area (Å²) < 4.78 is 7.89.